The van der Waals surface area contributed by atoms with Gasteiger partial charge >= 0.3 is 7.60 Å². The molecule has 0 atom stereocenters. The number of hydrogen-bond acceptors (Lipinski definition) is 4. The summed E-state index contributed by atoms with van der Waals surface area (Å²) in [6.45, 7) is 0. The van der Waals surface area contributed by atoms with E-state index in [9.17, 15) is 27.6 Å². The summed E-state index contributed by atoms with van der Waals surface area (Å²) in [6.07, 6.45) is -1.19. The predicted octanol–water partition coefficient (Wildman–Crippen LogP) is 4.18. The first kappa shape index (κ1) is 24.5. The minimum absolute atomic E-state index is 0.0229. The second-order valence-corrected chi connectivity index (χ2v) is 11.5. The van der Waals surface area contributed by atoms with Gasteiger partial charge in [-0.15, -0.1) is 0 Å². The van der Waals surface area contributed by atoms with Gasteiger partial charge in [0.15, 0.2) is 0 Å². The molecule has 0 heterocycles. The fourth-order valence-corrected chi connectivity index (χ4v) is 6.61. The lowest BCUT2D eigenvalue weighted by Gasteiger charge is -2.28. The van der Waals surface area contributed by atoms with Crippen molar-refractivity contribution in [2.75, 3.05) is 24.7 Å². The fourth-order valence-electron chi connectivity index (χ4n) is 3.18. The van der Waals surface area contributed by atoms with Gasteiger partial charge < -0.3 is 14.7 Å². The fraction of sp³-hybridized carbons (Fsp3) is 0.150. The summed E-state index contributed by atoms with van der Waals surface area (Å²) in [5, 5.41) is 0.947. The Labute approximate surface area is 195 Å². The van der Waals surface area contributed by atoms with Crippen LogP contribution < -0.4 is 4.31 Å². The molecular formula is C20H19Cl2N2O6PS. The Morgan fingerprint density at radius 3 is 2.16 bits per heavy atom. The molecule has 0 unspecified atom stereocenters. The van der Waals surface area contributed by atoms with Crippen LogP contribution in [0.2, 0.25) is 10.0 Å². The first-order chi connectivity index (χ1) is 14.8. The number of rotatable bonds is 6. The summed E-state index contributed by atoms with van der Waals surface area (Å²) in [7, 11) is -6.56. The van der Waals surface area contributed by atoms with Crippen LogP contribution in [0.15, 0.2) is 59.5 Å². The number of nitrogens with zero attached hydrogens (tertiary/aromatic N) is 2. The van der Waals surface area contributed by atoms with Crippen LogP contribution in [-0.4, -0.2) is 49.4 Å². The molecule has 0 fully saturated rings. The number of fused-ring (bicyclic) bond motifs is 1. The molecule has 2 N–H and O–H groups in total. The maximum absolute atomic E-state index is 13.6. The van der Waals surface area contributed by atoms with E-state index in [-0.39, 0.29) is 26.2 Å². The number of benzene rings is 3. The van der Waals surface area contributed by atoms with Gasteiger partial charge in [-0.3, -0.25) is 13.7 Å². The molecule has 0 aliphatic rings. The van der Waals surface area contributed by atoms with Gasteiger partial charge in [0.1, 0.15) is 6.29 Å². The highest BCUT2D eigenvalue weighted by Crippen LogP contribution is 2.43. The Balaban J connectivity index is 2.42. The smallest absolute Gasteiger partial charge is 0.345 e. The number of anilines is 1. The molecule has 170 valence electrons. The van der Waals surface area contributed by atoms with Gasteiger partial charge in [-0.2, -0.15) is 0 Å². The van der Waals surface area contributed by atoms with Crippen LogP contribution in [-0.2, 0) is 14.6 Å². The third-order valence-corrected chi connectivity index (χ3v) is 7.53. The Morgan fingerprint density at radius 2 is 1.59 bits per heavy atom. The van der Waals surface area contributed by atoms with Crippen LogP contribution in [0, 0.1) is 0 Å². The molecule has 0 saturated heterocycles. The van der Waals surface area contributed by atoms with E-state index in [0.717, 1.165) is 12.1 Å². The van der Waals surface area contributed by atoms with Crippen molar-refractivity contribution in [1.29, 1.82) is 0 Å². The maximum atomic E-state index is 13.6. The van der Waals surface area contributed by atoms with E-state index in [2.05, 4.69) is 0 Å². The first-order valence-corrected chi connectivity index (χ1v) is 13.1. The molecule has 32 heavy (non-hydrogen) atoms. The first-order valence-electron chi connectivity index (χ1n) is 9.08. The molecule has 0 bridgehead atoms. The molecule has 0 radical (unpaired) electrons. The molecule has 0 aliphatic heterocycles. The average molecular weight is 517 g/mol. The number of amides is 1. The van der Waals surface area contributed by atoms with Crippen molar-refractivity contribution < 1.29 is 27.6 Å². The number of carbonyl (C=O) groups excluding carboxylic acids is 1. The highest BCUT2D eigenvalue weighted by Gasteiger charge is 2.35. The summed E-state index contributed by atoms with van der Waals surface area (Å²) in [5.74, 6) is -0.541. The van der Waals surface area contributed by atoms with Crippen molar-refractivity contribution in [3.8, 4) is 0 Å². The zero-order valence-corrected chi connectivity index (χ0v) is 20.2. The Kier molecular flexibility index (Phi) is 6.91. The molecular weight excluding hydrogens is 498 g/mol. The molecule has 3 aromatic rings. The number of halogens is 2. The predicted molar refractivity (Wildman–Crippen MR) is 125 cm³/mol. The average Bonchev–Trinajstić information content (AvgIpc) is 2.69. The minimum Gasteiger partial charge on any atom is -0.345 e. The summed E-state index contributed by atoms with van der Waals surface area (Å²) in [6, 6.07) is 13.2. The Morgan fingerprint density at radius 1 is 1.00 bits per heavy atom. The van der Waals surface area contributed by atoms with Gasteiger partial charge in [-0.1, -0.05) is 53.5 Å². The van der Waals surface area contributed by atoms with E-state index in [4.69, 9.17) is 23.2 Å². The number of sulfonamides is 1. The quantitative estimate of drug-likeness (QED) is 0.475. The molecule has 3 aromatic carbocycles. The van der Waals surface area contributed by atoms with Crippen LogP contribution in [0.4, 0.5) is 5.69 Å². The summed E-state index contributed by atoms with van der Waals surface area (Å²) >= 11 is 12.0. The second kappa shape index (κ2) is 9.02. The van der Waals surface area contributed by atoms with Crippen LogP contribution >= 0.6 is 30.8 Å². The third-order valence-electron chi connectivity index (χ3n) is 4.52. The van der Waals surface area contributed by atoms with Gasteiger partial charge in [-0.05, 0) is 29.7 Å². The lowest BCUT2D eigenvalue weighted by atomic mass is 10.0. The molecule has 0 aliphatic carbocycles. The highest BCUT2D eigenvalue weighted by atomic mass is 35.5. The van der Waals surface area contributed by atoms with Crippen molar-refractivity contribution in [2.24, 2.45) is 0 Å². The molecule has 0 spiro atoms. The molecule has 8 nitrogen and oxygen atoms in total. The SMILES string of the molecule is CN(C)C(=O)c1ccc2ccccc2c1N(CP(=O)(O)O)S(=O)(=O)c1cc(Cl)cc(Cl)c1. The Hall–Kier alpha value is -2.13. The van der Waals surface area contributed by atoms with Crippen LogP contribution in [0.25, 0.3) is 10.8 Å². The van der Waals surface area contributed by atoms with Gasteiger partial charge in [0, 0.05) is 29.5 Å². The van der Waals surface area contributed by atoms with Gasteiger partial charge in [0.2, 0.25) is 0 Å². The number of hydrogen-bond donors (Lipinski definition) is 2. The van der Waals surface area contributed by atoms with E-state index in [1.54, 1.807) is 30.3 Å². The van der Waals surface area contributed by atoms with E-state index in [1.807, 2.05) is 0 Å². The highest BCUT2D eigenvalue weighted by molar-refractivity contribution is 7.93. The van der Waals surface area contributed by atoms with Crippen LogP contribution in [0.1, 0.15) is 10.4 Å². The number of carbonyl (C=O) groups is 1. The topological polar surface area (TPSA) is 115 Å². The van der Waals surface area contributed by atoms with Crippen molar-refractivity contribution in [3.63, 3.8) is 0 Å². The summed E-state index contributed by atoms with van der Waals surface area (Å²) in [4.78, 5) is 33.3. The van der Waals surface area contributed by atoms with E-state index >= 15 is 0 Å². The normalized spacial score (nSPS) is 12.1. The van der Waals surface area contributed by atoms with E-state index in [0.29, 0.717) is 15.1 Å². The van der Waals surface area contributed by atoms with Crippen molar-refractivity contribution in [2.45, 2.75) is 4.90 Å². The summed E-state index contributed by atoms with van der Waals surface area (Å²) < 4.78 is 39.9. The molecule has 0 saturated carbocycles. The van der Waals surface area contributed by atoms with Crippen molar-refractivity contribution in [1.82, 2.24) is 4.90 Å². The third kappa shape index (κ3) is 5.09. The van der Waals surface area contributed by atoms with Gasteiger partial charge in [0.05, 0.1) is 16.1 Å². The molecule has 3 rings (SSSR count). The van der Waals surface area contributed by atoms with Crippen molar-refractivity contribution in [3.05, 3.63) is 70.2 Å². The summed E-state index contributed by atoms with van der Waals surface area (Å²) in [5.41, 5.74) is -0.194. The van der Waals surface area contributed by atoms with E-state index in [1.165, 1.54) is 31.1 Å². The lowest BCUT2D eigenvalue weighted by molar-refractivity contribution is 0.0828. The van der Waals surface area contributed by atoms with E-state index < -0.39 is 29.8 Å². The molecule has 0 aromatic heterocycles. The lowest BCUT2D eigenvalue weighted by Crippen LogP contribution is -2.35. The second-order valence-electron chi connectivity index (χ2n) is 7.15. The van der Waals surface area contributed by atoms with Crippen LogP contribution in [0.5, 0.6) is 0 Å². The molecule has 12 heteroatoms. The molecule has 1 amide bonds. The Bertz CT molecular complexity index is 1340. The largest absolute Gasteiger partial charge is 0.345 e. The van der Waals surface area contributed by atoms with Gasteiger partial charge in [0.25, 0.3) is 15.9 Å². The zero-order chi connectivity index (χ0) is 23.8. The maximum Gasteiger partial charge on any atom is 0.345 e. The van der Waals surface area contributed by atoms with Gasteiger partial charge in [-0.25, -0.2) is 8.42 Å². The minimum atomic E-state index is -4.92. The standard InChI is InChI=1S/C20H19Cl2N2O6PS/c1-23(2)20(25)18-8-7-13-5-3-4-6-17(13)19(18)24(12-31(26,27)28)32(29,30)16-10-14(21)9-15(22)11-16/h3-11H,12H2,1-2H3,(H2,26,27,28). The zero-order valence-electron chi connectivity index (χ0n) is 16.9. The van der Waals surface area contributed by atoms with Crippen LogP contribution in [0.3, 0.4) is 0 Å². The van der Waals surface area contributed by atoms with Crippen molar-refractivity contribution >= 4 is 63.2 Å². The monoisotopic (exact) mass is 516 g/mol.